The largest absolute Gasteiger partial charge is 0.322 e. The van der Waals surface area contributed by atoms with Gasteiger partial charge in [0, 0.05) is 40.7 Å². The van der Waals surface area contributed by atoms with Crippen LogP contribution in [0.2, 0.25) is 0 Å². The number of pyridine rings is 1. The van der Waals surface area contributed by atoms with E-state index in [2.05, 4.69) is 43.2 Å². The van der Waals surface area contributed by atoms with Gasteiger partial charge in [-0.1, -0.05) is 57.2 Å². The van der Waals surface area contributed by atoms with Crippen molar-refractivity contribution >= 4 is 29.0 Å². The molecule has 4 aromatic rings. The lowest BCUT2D eigenvalue weighted by Crippen LogP contribution is -2.10. The molecule has 0 aliphatic heterocycles. The summed E-state index contributed by atoms with van der Waals surface area (Å²) in [6, 6.07) is 19.9. The van der Waals surface area contributed by atoms with E-state index in [9.17, 15) is 4.79 Å². The molecule has 2 heterocycles. The Morgan fingerprint density at radius 1 is 0.969 bits per heavy atom. The maximum Gasteiger partial charge on any atom is 0.248 e. The Hall–Kier alpha value is -3.57. The van der Waals surface area contributed by atoms with Crippen molar-refractivity contribution < 1.29 is 4.79 Å². The van der Waals surface area contributed by atoms with Crippen LogP contribution in [0.5, 0.6) is 0 Å². The standard InChI is InChI=1S/C27H25N3OS/c1-27(2,3)22-10-7-19(8-11-22)9-12-25(31)29-23-6-4-5-21(17-23)24-18-32-26(30-24)20-13-15-28-16-14-20/h4-18H,1-3H3,(H,29,31)/b12-9+. The Bertz CT molecular complexity index is 1240. The van der Waals surface area contributed by atoms with Crippen LogP contribution >= 0.6 is 11.3 Å². The summed E-state index contributed by atoms with van der Waals surface area (Å²) in [5.74, 6) is -0.169. The number of nitrogens with zero attached hydrogens (tertiary/aromatic N) is 2. The van der Waals surface area contributed by atoms with Crippen molar-refractivity contribution in [1.82, 2.24) is 9.97 Å². The normalized spacial score (nSPS) is 11.6. The van der Waals surface area contributed by atoms with Crippen LogP contribution in [0.1, 0.15) is 31.9 Å². The molecule has 1 amide bonds. The molecular formula is C27H25N3OS. The number of thiazole rings is 1. The molecule has 0 aliphatic carbocycles. The maximum absolute atomic E-state index is 12.4. The smallest absolute Gasteiger partial charge is 0.248 e. The molecule has 0 fully saturated rings. The molecule has 0 saturated carbocycles. The zero-order valence-corrected chi connectivity index (χ0v) is 19.2. The summed E-state index contributed by atoms with van der Waals surface area (Å²) < 4.78 is 0. The van der Waals surface area contributed by atoms with E-state index in [-0.39, 0.29) is 11.3 Å². The summed E-state index contributed by atoms with van der Waals surface area (Å²) >= 11 is 1.59. The minimum Gasteiger partial charge on any atom is -0.322 e. The third-order valence-electron chi connectivity index (χ3n) is 5.06. The molecule has 0 spiro atoms. The molecule has 4 rings (SSSR count). The zero-order chi connectivity index (χ0) is 22.6. The number of aromatic nitrogens is 2. The van der Waals surface area contributed by atoms with Crippen LogP contribution in [0.15, 0.2) is 84.5 Å². The van der Waals surface area contributed by atoms with Crippen LogP contribution < -0.4 is 5.32 Å². The number of anilines is 1. The average Bonchev–Trinajstić information content (AvgIpc) is 3.29. The van der Waals surface area contributed by atoms with E-state index in [0.717, 1.165) is 33.1 Å². The van der Waals surface area contributed by atoms with Crippen LogP contribution in [-0.4, -0.2) is 15.9 Å². The molecule has 0 bridgehead atoms. The highest BCUT2D eigenvalue weighted by Gasteiger charge is 2.12. The second-order valence-electron chi connectivity index (χ2n) is 8.55. The van der Waals surface area contributed by atoms with Gasteiger partial charge in [-0.15, -0.1) is 11.3 Å². The number of nitrogens with one attached hydrogen (secondary N) is 1. The van der Waals surface area contributed by atoms with Crippen molar-refractivity contribution in [3.63, 3.8) is 0 Å². The molecule has 0 radical (unpaired) electrons. The van der Waals surface area contributed by atoms with Gasteiger partial charge in [-0.05, 0) is 46.9 Å². The highest BCUT2D eigenvalue weighted by Crippen LogP contribution is 2.29. The first-order chi connectivity index (χ1) is 15.4. The van der Waals surface area contributed by atoms with Crippen molar-refractivity contribution in [2.75, 3.05) is 5.32 Å². The van der Waals surface area contributed by atoms with Gasteiger partial charge in [0.1, 0.15) is 5.01 Å². The SMILES string of the molecule is CC(C)(C)c1ccc(/C=C/C(=O)Nc2cccc(-c3csc(-c4ccncc4)n3)c2)cc1. The Morgan fingerprint density at radius 2 is 1.72 bits per heavy atom. The van der Waals surface area contributed by atoms with E-state index in [1.54, 1.807) is 29.8 Å². The fraction of sp³-hybridized carbons (Fsp3) is 0.148. The minimum absolute atomic E-state index is 0.112. The van der Waals surface area contributed by atoms with E-state index < -0.39 is 0 Å². The molecule has 2 aromatic heterocycles. The van der Waals surface area contributed by atoms with Crippen LogP contribution in [0.4, 0.5) is 5.69 Å². The second-order valence-corrected chi connectivity index (χ2v) is 9.41. The van der Waals surface area contributed by atoms with Crippen molar-refractivity contribution in [3.05, 3.63) is 95.6 Å². The molecule has 32 heavy (non-hydrogen) atoms. The molecule has 160 valence electrons. The van der Waals surface area contributed by atoms with Gasteiger partial charge in [-0.25, -0.2) is 4.98 Å². The van der Waals surface area contributed by atoms with Crippen LogP contribution in [0, 0.1) is 0 Å². The number of benzene rings is 2. The lowest BCUT2D eigenvalue weighted by atomic mass is 9.87. The summed E-state index contributed by atoms with van der Waals surface area (Å²) in [4.78, 5) is 21.2. The number of rotatable bonds is 5. The van der Waals surface area contributed by atoms with E-state index in [0.29, 0.717) is 0 Å². The zero-order valence-electron chi connectivity index (χ0n) is 18.4. The Balaban J connectivity index is 1.43. The van der Waals surface area contributed by atoms with Crippen LogP contribution in [0.3, 0.4) is 0 Å². The molecule has 0 saturated heterocycles. The Morgan fingerprint density at radius 3 is 2.44 bits per heavy atom. The summed E-state index contributed by atoms with van der Waals surface area (Å²) in [7, 11) is 0. The Labute approximate surface area is 192 Å². The maximum atomic E-state index is 12.4. The summed E-state index contributed by atoms with van der Waals surface area (Å²) in [5.41, 5.74) is 5.99. The fourth-order valence-electron chi connectivity index (χ4n) is 3.24. The van der Waals surface area contributed by atoms with Crippen molar-refractivity contribution in [1.29, 1.82) is 0 Å². The van der Waals surface area contributed by atoms with Gasteiger partial charge < -0.3 is 5.32 Å². The number of hydrogen-bond acceptors (Lipinski definition) is 4. The van der Waals surface area contributed by atoms with E-state index in [1.807, 2.05) is 60.0 Å². The summed E-state index contributed by atoms with van der Waals surface area (Å²) in [5, 5.41) is 5.91. The third-order valence-corrected chi connectivity index (χ3v) is 5.95. The number of carbonyl (C=O) groups is 1. The van der Waals surface area contributed by atoms with Gasteiger partial charge in [-0.3, -0.25) is 9.78 Å². The van der Waals surface area contributed by atoms with E-state index in [4.69, 9.17) is 4.98 Å². The lowest BCUT2D eigenvalue weighted by molar-refractivity contribution is -0.111. The molecule has 5 heteroatoms. The highest BCUT2D eigenvalue weighted by atomic mass is 32.1. The van der Waals surface area contributed by atoms with Crippen molar-refractivity contribution in [3.8, 4) is 21.8 Å². The van der Waals surface area contributed by atoms with Gasteiger partial charge >= 0.3 is 0 Å². The van der Waals surface area contributed by atoms with Gasteiger partial charge in [-0.2, -0.15) is 0 Å². The molecule has 0 unspecified atom stereocenters. The highest BCUT2D eigenvalue weighted by molar-refractivity contribution is 7.13. The topological polar surface area (TPSA) is 54.9 Å². The monoisotopic (exact) mass is 439 g/mol. The first kappa shape index (κ1) is 21.7. The quantitative estimate of drug-likeness (QED) is 0.347. The predicted molar refractivity (Wildman–Crippen MR) is 134 cm³/mol. The van der Waals surface area contributed by atoms with Gasteiger partial charge in [0.25, 0.3) is 0 Å². The van der Waals surface area contributed by atoms with Crippen LogP contribution in [-0.2, 0) is 10.2 Å². The first-order valence-electron chi connectivity index (χ1n) is 10.4. The lowest BCUT2D eigenvalue weighted by Gasteiger charge is -2.18. The number of amides is 1. The van der Waals surface area contributed by atoms with Gasteiger partial charge in [0.15, 0.2) is 0 Å². The van der Waals surface area contributed by atoms with Crippen LogP contribution in [0.25, 0.3) is 27.9 Å². The van der Waals surface area contributed by atoms with Crippen molar-refractivity contribution in [2.45, 2.75) is 26.2 Å². The number of carbonyl (C=O) groups excluding carboxylic acids is 1. The van der Waals surface area contributed by atoms with Gasteiger partial charge in [0.2, 0.25) is 5.91 Å². The first-order valence-corrected chi connectivity index (χ1v) is 11.3. The molecular weight excluding hydrogens is 414 g/mol. The molecule has 0 aliphatic rings. The van der Waals surface area contributed by atoms with Gasteiger partial charge in [0.05, 0.1) is 5.69 Å². The van der Waals surface area contributed by atoms with E-state index in [1.165, 1.54) is 5.56 Å². The predicted octanol–water partition coefficient (Wildman–Crippen LogP) is 6.82. The molecule has 1 N–H and O–H groups in total. The summed E-state index contributed by atoms with van der Waals surface area (Å²) in [6.07, 6.45) is 6.91. The van der Waals surface area contributed by atoms with Crippen molar-refractivity contribution in [2.24, 2.45) is 0 Å². The Kier molecular flexibility index (Phi) is 6.28. The molecule has 4 nitrogen and oxygen atoms in total. The molecule has 0 atom stereocenters. The molecule has 2 aromatic carbocycles. The third kappa shape index (κ3) is 5.37. The minimum atomic E-state index is -0.169. The second kappa shape index (κ2) is 9.28. The fourth-order valence-corrected chi connectivity index (χ4v) is 4.08. The summed E-state index contributed by atoms with van der Waals surface area (Å²) in [6.45, 7) is 6.56. The van der Waals surface area contributed by atoms with E-state index >= 15 is 0 Å². The average molecular weight is 440 g/mol. The number of hydrogen-bond donors (Lipinski definition) is 1.